The molecule has 0 heterocycles. The zero-order valence-electron chi connectivity index (χ0n) is 13.1. The SMILES string of the molecule is CCOC(=O)/C(C)=C/[C@@H](NC(=O)c1ccccc1)C(C)C. The molecule has 0 fully saturated rings. The van der Waals surface area contributed by atoms with Crippen LogP contribution >= 0.6 is 0 Å². The first-order chi connectivity index (χ1) is 9.95. The number of hydrogen-bond acceptors (Lipinski definition) is 3. The summed E-state index contributed by atoms with van der Waals surface area (Å²) in [6.45, 7) is 7.78. The number of rotatable bonds is 6. The van der Waals surface area contributed by atoms with Crippen LogP contribution in [-0.4, -0.2) is 24.5 Å². The van der Waals surface area contributed by atoms with Crippen molar-refractivity contribution in [3.8, 4) is 0 Å². The van der Waals surface area contributed by atoms with Crippen molar-refractivity contribution in [1.82, 2.24) is 5.32 Å². The molecule has 1 amide bonds. The van der Waals surface area contributed by atoms with E-state index in [2.05, 4.69) is 5.32 Å². The predicted octanol–water partition coefficient (Wildman–Crippen LogP) is 2.95. The highest BCUT2D eigenvalue weighted by molar-refractivity contribution is 5.94. The van der Waals surface area contributed by atoms with Crippen molar-refractivity contribution >= 4 is 11.9 Å². The van der Waals surface area contributed by atoms with Crippen molar-refractivity contribution in [3.63, 3.8) is 0 Å². The van der Waals surface area contributed by atoms with Crippen LogP contribution in [0.2, 0.25) is 0 Å². The molecule has 1 atom stereocenters. The highest BCUT2D eigenvalue weighted by Crippen LogP contribution is 2.09. The molecule has 0 spiro atoms. The van der Waals surface area contributed by atoms with Crippen molar-refractivity contribution in [2.24, 2.45) is 5.92 Å². The molecule has 0 aliphatic heterocycles. The van der Waals surface area contributed by atoms with E-state index in [0.717, 1.165) is 0 Å². The maximum absolute atomic E-state index is 12.2. The summed E-state index contributed by atoms with van der Waals surface area (Å²) >= 11 is 0. The van der Waals surface area contributed by atoms with Crippen LogP contribution in [0.25, 0.3) is 0 Å². The monoisotopic (exact) mass is 289 g/mol. The second-order valence-electron chi connectivity index (χ2n) is 5.18. The summed E-state index contributed by atoms with van der Waals surface area (Å²) in [5, 5.41) is 2.94. The summed E-state index contributed by atoms with van der Waals surface area (Å²) < 4.78 is 4.95. The molecule has 0 bridgehead atoms. The van der Waals surface area contributed by atoms with E-state index in [1.807, 2.05) is 32.0 Å². The van der Waals surface area contributed by atoms with Gasteiger partial charge in [-0.3, -0.25) is 4.79 Å². The Morgan fingerprint density at radius 2 is 1.86 bits per heavy atom. The first-order valence-corrected chi connectivity index (χ1v) is 7.17. The zero-order valence-corrected chi connectivity index (χ0v) is 13.1. The summed E-state index contributed by atoms with van der Waals surface area (Å²) in [7, 11) is 0. The van der Waals surface area contributed by atoms with E-state index >= 15 is 0 Å². The Morgan fingerprint density at radius 1 is 1.24 bits per heavy atom. The van der Waals surface area contributed by atoms with Crippen molar-refractivity contribution in [2.45, 2.75) is 33.7 Å². The maximum Gasteiger partial charge on any atom is 0.333 e. The second kappa shape index (κ2) is 8.25. The number of benzene rings is 1. The van der Waals surface area contributed by atoms with E-state index in [1.54, 1.807) is 32.1 Å². The van der Waals surface area contributed by atoms with Gasteiger partial charge < -0.3 is 10.1 Å². The molecule has 21 heavy (non-hydrogen) atoms. The van der Waals surface area contributed by atoms with Gasteiger partial charge in [-0.1, -0.05) is 38.1 Å². The van der Waals surface area contributed by atoms with E-state index in [1.165, 1.54) is 0 Å². The van der Waals surface area contributed by atoms with Crippen molar-refractivity contribution in [3.05, 3.63) is 47.5 Å². The van der Waals surface area contributed by atoms with Gasteiger partial charge in [0.15, 0.2) is 0 Å². The molecule has 0 aromatic heterocycles. The van der Waals surface area contributed by atoms with Gasteiger partial charge in [0, 0.05) is 11.1 Å². The van der Waals surface area contributed by atoms with Gasteiger partial charge in [-0.15, -0.1) is 0 Å². The predicted molar refractivity (Wildman–Crippen MR) is 82.9 cm³/mol. The number of ether oxygens (including phenoxy) is 1. The maximum atomic E-state index is 12.2. The molecule has 0 radical (unpaired) electrons. The van der Waals surface area contributed by atoms with Gasteiger partial charge in [-0.25, -0.2) is 4.79 Å². The normalized spacial score (nSPS) is 12.9. The quantitative estimate of drug-likeness (QED) is 0.647. The van der Waals surface area contributed by atoms with Gasteiger partial charge >= 0.3 is 5.97 Å². The molecule has 4 nitrogen and oxygen atoms in total. The van der Waals surface area contributed by atoms with Gasteiger partial charge in [-0.2, -0.15) is 0 Å². The topological polar surface area (TPSA) is 55.4 Å². The number of nitrogens with one attached hydrogen (secondary N) is 1. The van der Waals surface area contributed by atoms with Gasteiger partial charge in [-0.05, 0) is 31.9 Å². The van der Waals surface area contributed by atoms with Crippen LogP contribution in [-0.2, 0) is 9.53 Å². The third-order valence-electron chi connectivity index (χ3n) is 3.08. The lowest BCUT2D eigenvalue weighted by Gasteiger charge is -2.20. The Balaban J connectivity index is 2.81. The Labute approximate surface area is 126 Å². The van der Waals surface area contributed by atoms with E-state index in [0.29, 0.717) is 17.7 Å². The molecule has 0 saturated carbocycles. The van der Waals surface area contributed by atoms with Crippen LogP contribution in [0, 0.1) is 5.92 Å². The van der Waals surface area contributed by atoms with Crippen LogP contribution in [0.3, 0.4) is 0 Å². The van der Waals surface area contributed by atoms with E-state index in [9.17, 15) is 9.59 Å². The van der Waals surface area contributed by atoms with Crippen LogP contribution in [0.1, 0.15) is 38.1 Å². The number of esters is 1. The van der Waals surface area contributed by atoms with Crippen LogP contribution in [0.5, 0.6) is 0 Å². The molecule has 0 aliphatic carbocycles. The van der Waals surface area contributed by atoms with Gasteiger partial charge in [0.1, 0.15) is 0 Å². The second-order valence-corrected chi connectivity index (χ2v) is 5.18. The Morgan fingerprint density at radius 3 is 2.38 bits per heavy atom. The largest absolute Gasteiger partial charge is 0.463 e. The fourth-order valence-corrected chi connectivity index (χ4v) is 1.81. The molecule has 114 valence electrons. The first kappa shape index (κ1) is 17.0. The Hall–Kier alpha value is -2.10. The molecule has 0 unspecified atom stereocenters. The molecular weight excluding hydrogens is 266 g/mol. The zero-order chi connectivity index (χ0) is 15.8. The molecule has 1 N–H and O–H groups in total. The average Bonchev–Trinajstić information content (AvgIpc) is 2.47. The summed E-state index contributed by atoms with van der Waals surface area (Å²) in [6, 6.07) is 8.80. The Kier molecular flexibility index (Phi) is 6.66. The van der Waals surface area contributed by atoms with E-state index in [4.69, 9.17) is 4.74 Å². The molecule has 1 aromatic rings. The third kappa shape index (κ3) is 5.42. The van der Waals surface area contributed by atoms with Crippen LogP contribution in [0.4, 0.5) is 0 Å². The lowest BCUT2D eigenvalue weighted by atomic mass is 10.0. The summed E-state index contributed by atoms with van der Waals surface area (Å²) in [5.74, 6) is -0.332. The van der Waals surface area contributed by atoms with Gasteiger partial charge in [0.2, 0.25) is 0 Å². The van der Waals surface area contributed by atoms with Gasteiger partial charge in [0.05, 0.1) is 12.6 Å². The number of carbonyl (C=O) groups excluding carboxylic acids is 2. The highest BCUT2D eigenvalue weighted by atomic mass is 16.5. The smallest absolute Gasteiger partial charge is 0.333 e. The summed E-state index contributed by atoms with van der Waals surface area (Å²) in [4.78, 5) is 23.8. The Bertz CT molecular complexity index is 506. The fourth-order valence-electron chi connectivity index (χ4n) is 1.81. The lowest BCUT2D eigenvalue weighted by Crippen LogP contribution is -2.37. The molecule has 0 aliphatic rings. The van der Waals surface area contributed by atoms with Crippen molar-refractivity contribution in [2.75, 3.05) is 6.61 Å². The number of carbonyl (C=O) groups is 2. The number of amides is 1. The van der Waals surface area contributed by atoms with Crippen LogP contribution < -0.4 is 5.32 Å². The van der Waals surface area contributed by atoms with Crippen molar-refractivity contribution in [1.29, 1.82) is 0 Å². The summed E-state index contributed by atoms with van der Waals surface area (Å²) in [5.41, 5.74) is 1.11. The standard InChI is InChI=1S/C17H23NO3/c1-5-21-17(20)13(4)11-15(12(2)3)18-16(19)14-9-7-6-8-10-14/h6-12,15H,5H2,1-4H3,(H,18,19)/b13-11+/t15-/m1/s1. The minimum Gasteiger partial charge on any atom is -0.463 e. The van der Waals surface area contributed by atoms with Gasteiger partial charge in [0.25, 0.3) is 5.91 Å². The fraction of sp³-hybridized carbons (Fsp3) is 0.412. The minimum atomic E-state index is -0.350. The summed E-state index contributed by atoms with van der Waals surface area (Å²) in [6.07, 6.45) is 1.75. The third-order valence-corrected chi connectivity index (χ3v) is 3.08. The number of hydrogen-bond donors (Lipinski definition) is 1. The van der Waals surface area contributed by atoms with E-state index < -0.39 is 0 Å². The molecule has 0 saturated heterocycles. The van der Waals surface area contributed by atoms with Crippen LogP contribution in [0.15, 0.2) is 42.0 Å². The van der Waals surface area contributed by atoms with Crippen molar-refractivity contribution < 1.29 is 14.3 Å². The minimum absolute atomic E-state index is 0.151. The molecule has 1 rings (SSSR count). The molecular formula is C17H23NO3. The molecule has 4 heteroatoms. The molecule has 1 aromatic carbocycles. The highest BCUT2D eigenvalue weighted by Gasteiger charge is 2.17. The average molecular weight is 289 g/mol. The first-order valence-electron chi connectivity index (χ1n) is 7.17. The van der Waals surface area contributed by atoms with E-state index in [-0.39, 0.29) is 23.8 Å². The lowest BCUT2D eigenvalue weighted by molar-refractivity contribution is -0.138.